The van der Waals surface area contributed by atoms with Crippen molar-refractivity contribution in [3.63, 3.8) is 0 Å². The molecule has 0 radical (unpaired) electrons. The van der Waals surface area contributed by atoms with Crippen LogP contribution in [0.2, 0.25) is 0 Å². The maximum Gasteiger partial charge on any atom is 0.198 e. The monoisotopic (exact) mass is 518 g/mol. The fourth-order valence-electron chi connectivity index (χ4n) is 4.14. The lowest BCUT2D eigenvalue weighted by atomic mass is 10.3. The molecule has 0 aliphatic heterocycles. The molecule has 0 aromatic heterocycles. The highest BCUT2D eigenvalue weighted by Gasteiger charge is 2.36. The Bertz CT molecular complexity index is 1270. The zero-order chi connectivity index (χ0) is 25.1. The molecule has 0 saturated heterocycles. The molecule has 178 valence electrons. The van der Waals surface area contributed by atoms with Gasteiger partial charge in [0.15, 0.2) is 23.3 Å². The molecule has 0 amide bonds. The molecular formula is C30H20F4P2. The Hall–Kier alpha value is -3.32. The van der Waals surface area contributed by atoms with Crippen LogP contribution < -0.4 is 31.8 Å². The summed E-state index contributed by atoms with van der Waals surface area (Å²) in [6, 6.07) is 36.2. The van der Waals surface area contributed by atoms with Crippen LogP contribution in [0.15, 0.2) is 121 Å². The van der Waals surface area contributed by atoms with Gasteiger partial charge in [-0.3, -0.25) is 0 Å². The number of hydrogen-bond donors (Lipinski definition) is 0. The molecule has 0 unspecified atom stereocenters. The topological polar surface area (TPSA) is 0 Å². The Morgan fingerprint density at radius 1 is 0.306 bits per heavy atom. The molecule has 0 aliphatic rings. The van der Waals surface area contributed by atoms with Crippen LogP contribution in [0.25, 0.3) is 0 Å². The highest BCUT2D eigenvalue weighted by Crippen LogP contribution is 2.41. The van der Waals surface area contributed by atoms with Gasteiger partial charge in [-0.15, -0.1) is 0 Å². The molecular weight excluding hydrogens is 498 g/mol. The summed E-state index contributed by atoms with van der Waals surface area (Å²) >= 11 is 0. The van der Waals surface area contributed by atoms with Gasteiger partial charge in [-0.2, -0.15) is 0 Å². The van der Waals surface area contributed by atoms with Crippen LogP contribution in [-0.4, -0.2) is 0 Å². The number of rotatable bonds is 6. The summed E-state index contributed by atoms with van der Waals surface area (Å²) in [5.41, 5.74) is 0. The smallest absolute Gasteiger partial charge is 0.198 e. The first-order valence-corrected chi connectivity index (χ1v) is 13.9. The van der Waals surface area contributed by atoms with Crippen LogP contribution >= 0.6 is 15.8 Å². The van der Waals surface area contributed by atoms with E-state index in [4.69, 9.17) is 0 Å². The van der Waals surface area contributed by atoms with E-state index in [-0.39, 0.29) is 10.6 Å². The summed E-state index contributed by atoms with van der Waals surface area (Å²) in [6.07, 6.45) is 0. The van der Waals surface area contributed by atoms with Gasteiger partial charge in [0.2, 0.25) is 0 Å². The predicted molar refractivity (Wildman–Crippen MR) is 144 cm³/mol. The minimum absolute atomic E-state index is 0.127. The van der Waals surface area contributed by atoms with E-state index in [0.717, 1.165) is 0 Å². The molecule has 5 rings (SSSR count). The predicted octanol–water partition coefficient (Wildman–Crippen LogP) is 5.76. The molecule has 0 N–H and O–H groups in total. The lowest BCUT2D eigenvalue weighted by molar-refractivity contribution is 0.416. The number of halogens is 4. The summed E-state index contributed by atoms with van der Waals surface area (Å²) in [5, 5.41) is 2.58. The first-order chi connectivity index (χ1) is 17.6. The van der Waals surface area contributed by atoms with E-state index < -0.39 is 39.1 Å². The summed E-state index contributed by atoms with van der Waals surface area (Å²) < 4.78 is 61.8. The fraction of sp³-hybridized carbons (Fsp3) is 0. The van der Waals surface area contributed by atoms with E-state index in [2.05, 4.69) is 0 Å². The van der Waals surface area contributed by atoms with E-state index in [1.165, 1.54) is 0 Å². The Balaban J connectivity index is 1.90. The Labute approximate surface area is 209 Å². The van der Waals surface area contributed by atoms with Crippen LogP contribution in [-0.2, 0) is 0 Å². The van der Waals surface area contributed by atoms with E-state index in [1.807, 2.05) is 72.8 Å². The molecule has 5 aromatic carbocycles. The summed E-state index contributed by atoms with van der Waals surface area (Å²) in [6.45, 7) is 0. The van der Waals surface area contributed by atoms with Crippen molar-refractivity contribution < 1.29 is 17.6 Å². The minimum Gasteiger partial charge on any atom is -0.203 e. The first-order valence-electron chi connectivity index (χ1n) is 11.2. The molecule has 5 aromatic rings. The molecule has 0 atom stereocenters. The van der Waals surface area contributed by atoms with E-state index in [1.54, 1.807) is 48.5 Å². The van der Waals surface area contributed by atoms with Crippen LogP contribution in [0.1, 0.15) is 0 Å². The standard InChI is InChI=1S/C30H20F4P2/c31-25-26(32)28(34)30(36(23-17-9-3-10-18-23)24-19-11-4-12-20-24)29(27(25)33)35(21-13-5-1-6-14-21)22-15-7-2-8-16-22/h1-20H. The Morgan fingerprint density at radius 3 is 0.750 bits per heavy atom. The summed E-state index contributed by atoms with van der Waals surface area (Å²) in [4.78, 5) is 0. The van der Waals surface area contributed by atoms with Gasteiger partial charge in [0.05, 0.1) is 0 Å². The lowest BCUT2D eigenvalue weighted by Gasteiger charge is -2.28. The van der Waals surface area contributed by atoms with Crippen molar-refractivity contribution in [1.29, 1.82) is 0 Å². The van der Waals surface area contributed by atoms with Crippen molar-refractivity contribution >= 4 is 47.7 Å². The summed E-state index contributed by atoms with van der Waals surface area (Å²) in [5.74, 6) is -6.27. The van der Waals surface area contributed by atoms with Gasteiger partial charge in [0, 0.05) is 10.6 Å². The third-order valence-corrected chi connectivity index (χ3v) is 10.9. The highest BCUT2D eigenvalue weighted by molar-refractivity contribution is 7.85. The zero-order valence-electron chi connectivity index (χ0n) is 19.0. The van der Waals surface area contributed by atoms with Gasteiger partial charge < -0.3 is 0 Å². The van der Waals surface area contributed by atoms with Gasteiger partial charge in [-0.05, 0) is 37.1 Å². The zero-order valence-corrected chi connectivity index (χ0v) is 20.7. The van der Waals surface area contributed by atoms with E-state index in [0.29, 0.717) is 21.2 Å². The van der Waals surface area contributed by atoms with Crippen LogP contribution in [0.4, 0.5) is 17.6 Å². The molecule has 6 heteroatoms. The molecule has 0 fully saturated rings. The van der Waals surface area contributed by atoms with Gasteiger partial charge in [0.25, 0.3) is 0 Å². The Morgan fingerprint density at radius 2 is 0.528 bits per heavy atom. The average molecular weight is 518 g/mol. The van der Waals surface area contributed by atoms with Crippen LogP contribution in [0.3, 0.4) is 0 Å². The minimum atomic E-state index is -1.79. The first kappa shape index (κ1) is 24.4. The second-order valence-corrected chi connectivity index (χ2v) is 12.3. The van der Waals surface area contributed by atoms with Crippen molar-refractivity contribution in [2.45, 2.75) is 0 Å². The maximum absolute atomic E-state index is 16.0. The van der Waals surface area contributed by atoms with Crippen molar-refractivity contribution in [3.8, 4) is 0 Å². The van der Waals surface area contributed by atoms with Crippen LogP contribution in [0.5, 0.6) is 0 Å². The number of hydrogen-bond acceptors (Lipinski definition) is 0. The third-order valence-electron chi connectivity index (χ3n) is 5.72. The average Bonchev–Trinajstić information content (AvgIpc) is 2.94. The second kappa shape index (κ2) is 10.7. The molecule has 0 bridgehead atoms. The Kier molecular flexibility index (Phi) is 7.28. The van der Waals surface area contributed by atoms with Gasteiger partial charge in [-0.25, -0.2) is 17.6 Å². The normalized spacial score (nSPS) is 11.3. The molecule has 0 nitrogen and oxygen atoms in total. The lowest BCUT2D eigenvalue weighted by Crippen LogP contribution is -2.40. The molecule has 36 heavy (non-hydrogen) atoms. The van der Waals surface area contributed by atoms with Crippen molar-refractivity contribution in [3.05, 3.63) is 145 Å². The van der Waals surface area contributed by atoms with Crippen molar-refractivity contribution in [2.75, 3.05) is 0 Å². The van der Waals surface area contributed by atoms with Crippen LogP contribution in [0, 0.1) is 23.3 Å². The fourth-order valence-corrected chi connectivity index (χ4v) is 9.46. The van der Waals surface area contributed by atoms with E-state index >= 15 is 8.78 Å². The third kappa shape index (κ3) is 4.60. The molecule has 0 spiro atoms. The second-order valence-electron chi connectivity index (χ2n) is 7.97. The largest absolute Gasteiger partial charge is 0.203 e. The van der Waals surface area contributed by atoms with E-state index in [9.17, 15) is 8.78 Å². The quantitative estimate of drug-likeness (QED) is 0.116. The number of benzene rings is 5. The molecule has 0 saturated carbocycles. The maximum atomic E-state index is 16.0. The SMILES string of the molecule is Fc1c(F)c(F)c(P(c2ccccc2)c2ccccc2)c(P(c2ccccc2)c2ccccc2)c1F. The van der Waals surface area contributed by atoms with Crippen molar-refractivity contribution in [1.82, 2.24) is 0 Å². The molecule has 0 aliphatic carbocycles. The summed E-state index contributed by atoms with van der Waals surface area (Å²) in [7, 11) is -3.50. The van der Waals surface area contributed by atoms with Crippen molar-refractivity contribution in [2.24, 2.45) is 0 Å². The van der Waals surface area contributed by atoms with Gasteiger partial charge in [-0.1, -0.05) is 121 Å². The van der Waals surface area contributed by atoms with Gasteiger partial charge >= 0.3 is 0 Å². The molecule has 0 heterocycles. The van der Waals surface area contributed by atoms with Gasteiger partial charge in [0.1, 0.15) is 0 Å². The highest BCUT2D eigenvalue weighted by atomic mass is 31.1.